The van der Waals surface area contributed by atoms with Gasteiger partial charge in [0.15, 0.2) is 5.78 Å². The minimum Gasteiger partial charge on any atom is -0.465 e. The molecule has 0 radical (unpaired) electrons. The molecular weight excluding hydrogens is 330 g/mol. The van der Waals surface area contributed by atoms with E-state index in [1.165, 1.54) is 7.11 Å². The van der Waals surface area contributed by atoms with Crippen LogP contribution >= 0.6 is 0 Å². The number of ether oxygens (including phenoxy) is 1. The average Bonchev–Trinajstić information content (AvgIpc) is 2.95. The number of hydrogen-bond donors (Lipinski definition) is 2. The van der Waals surface area contributed by atoms with E-state index in [-0.39, 0.29) is 11.3 Å². The maximum Gasteiger partial charge on any atom is 0.340 e. The van der Waals surface area contributed by atoms with Crippen molar-refractivity contribution in [3.05, 3.63) is 76.9 Å². The molecule has 6 heteroatoms. The van der Waals surface area contributed by atoms with Gasteiger partial charge in [-0.3, -0.25) is 9.78 Å². The highest BCUT2D eigenvalue weighted by molar-refractivity contribution is 6.18. The first-order valence-electron chi connectivity index (χ1n) is 8.11. The van der Waals surface area contributed by atoms with E-state index >= 15 is 0 Å². The molecule has 0 spiro atoms. The number of aromatic amines is 1. The molecule has 2 aromatic heterocycles. The molecule has 132 valence electrons. The molecule has 0 amide bonds. The highest BCUT2D eigenvalue weighted by atomic mass is 16.5. The van der Waals surface area contributed by atoms with E-state index in [0.717, 1.165) is 5.69 Å². The fraction of sp³-hybridized carbons (Fsp3) is 0.150. The van der Waals surface area contributed by atoms with Gasteiger partial charge < -0.3 is 15.0 Å². The molecule has 2 heterocycles. The molecule has 0 fully saturated rings. The Kier molecular flexibility index (Phi) is 4.84. The lowest BCUT2D eigenvalue weighted by atomic mass is 9.97. The Bertz CT molecular complexity index is 962. The number of hydrogen-bond acceptors (Lipinski definition) is 5. The van der Waals surface area contributed by atoms with Gasteiger partial charge in [0.2, 0.25) is 0 Å². The molecule has 0 saturated carbocycles. The molecule has 3 rings (SSSR count). The van der Waals surface area contributed by atoms with Crippen LogP contribution in [0.3, 0.4) is 0 Å². The van der Waals surface area contributed by atoms with Crippen LogP contribution in [0.4, 0.5) is 11.4 Å². The van der Waals surface area contributed by atoms with Gasteiger partial charge in [-0.2, -0.15) is 0 Å². The normalized spacial score (nSPS) is 10.4. The molecule has 3 aromatic rings. The fourth-order valence-electron chi connectivity index (χ4n) is 2.94. The van der Waals surface area contributed by atoms with Crippen molar-refractivity contribution < 1.29 is 14.3 Å². The van der Waals surface area contributed by atoms with E-state index in [9.17, 15) is 9.59 Å². The summed E-state index contributed by atoms with van der Waals surface area (Å²) in [7, 11) is 1.30. The van der Waals surface area contributed by atoms with Gasteiger partial charge in [0.05, 0.1) is 18.2 Å². The van der Waals surface area contributed by atoms with Crippen LogP contribution in [-0.4, -0.2) is 28.8 Å². The van der Waals surface area contributed by atoms with Crippen molar-refractivity contribution in [2.45, 2.75) is 13.8 Å². The number of anilines is 2. The van der Waals surface area contributed by atoms with E-state index < -0.39 is 5.97 Å². The van der Waals surface area contributed by atoms with Gasteiger partial charge in [-0.25, -0.2) is 4.79 Å². The second-order valence-corrected chi connectivity index (χ2v) is 5.85. The molecule has 26 heavy (non-hydrogen) atoms. The van der Waals surface area contributed by atoms with Crippen LogP contribution in [0.1, 0.15) is 37.7 Å². The minimum absolute atomic E-state index is 0.246. The highest BCUT2D eigenvalue weighted by Gasteiger charge is 2.27. The first kappa shape index (κ1) is 17.4. The molecule has 0 atom stereocenters. The second kappa shape index (κ2) is 7.23. The zero-order valence-electron chi connectivity index (χ0n) is 14.8. The largest absolute Gasteiger partial charge is 0.465 e. The predicted molar refractivity (Wildman–Crippen MR) is 99.0 cm³/mol. The molecule has 6 nitrogen and oxygen atoms in total. The van der Waals surface area contributed by atoms with E-state index in [0.29, 0.717) is 28.2 Å². The number of aryl methyl sites for hydroxylation is 2. The van der Waals surface area contributed by atoms with Gasteiger partial charge in [0, 0.05) is 40.7 Å². The third-order valence-corrected chi connectivity index (χ3v) is 4.12. The standard InChI is InChI=1S/C20H19N3O3/c1-12-17(18(13(2)22-12)20(25)26-3)19(24)15-6-4-5-7-16(15)23-14-8-10-21-11-9-14/h4-11,22H,1-3H3,(H,21,23). The van der Waals surface area contributed by atoms with Gasteiger partial charge in [0.1, 0.15) is 0 Å². The first-order chi connectivity index (χ1) is 12.5. The number of methoxy groups -OCH3 is 1. The number of ketones is 1. The van der Waals surface area contributed by atoms with Crippen molar-refractivity contribution in [3.8, 4) is 0 Å². The summed E-state index contributed by atoms with van der Waals surface area (Å²) >= 11 is 0. The average molecular weight is 349 g/mol. The second-order valence-electron chi connectivity index (χ2n) is 5.85. The Morgan fingerprint density at radius 1 is 1.00 bits per heavy atom. The van der Waals surface area contributed by atoms with Crippen molar-refractivity contribution in [2.24, 2.45) is 0 Å². The van der Waals surface area contributed by atoms with E-state index in [1.807, 2.05) is 24.3 Å². The summed E-state index contributed by atoms with van der Waals surface area (Å²) in [6.07, 6.45) is 3.34. The van der Waals surface area contributed by atoms with E-state index in [4.69, 9.17) is 4.74 Å². The van der Waals surface area contributed by atoms with Crippen LogP contribution < -0.4 is 5.32 Å². The molecule has 0 saturated heterocycles. The number of rotatable bonds is 5. The van der Waals surface area contributed by atoms with Crippen LogP contribution in [0.5, 0.6) is 0 Å². The maximum atomic E-state index is 13.3. The van der Waals surface area contributed by atoms with Crippen molar-refractivity contribution in [2.75, 3.05) is 12.4 Å². The lowest BCUT2D eigenvalue weighted by Gasteiger charge is -2.12. The van der Waals surface area contributed by atoms with Crippen molar-refractivity contribution in [3.63, 3.8) is 0 Å². The number of para-hydroxylation sites is 1. The number of aromatic nitrogens is 2. The van der Waals surface area contributed by atoms with Gasteiger partial charge in [-0.1, -0.05) is 12.1 Å². The smallest absolute Gasteiger partial charge is 0.340 e. The SMILES string of the molecule is COC(=O)c1c(C)[nH]c(C)c1C(=O)c1ccccc1Nc1ccncc1. The van der Waals surface area contributed by atoms with Gasteiger partial charge in [-0.05, 0) is 38.1 Å². The molecule has 1 aromatic carbocycles. The van der Waals surface area contributed by atoms with Crippen molar-refractivity contribution in [1.82, 2.24) is 9.97 Å². The predicted octanol–water partition coefficient (Wildman–Crippen LogP) is 3.79. The zero-order chi connectivity index (χ0) is 18.7. The number of nitrogens with zero attached hydrogens (tertiary/aromatic N) is 1. The summed E-state index contributed by atoms with van der Waals surface area (Å²) < 4.78 is 4.85. The van der Waals surface area contributed by atoms with Gasteiger partial charge >= 0.3 is 5.97 Å². The van der Waals surface area contributed by atoms with E-state index in [1.54, 1.807) is 38.4 Å². The number of H-pyrrole nitrogens is 1. The molecule has 2 N–H and O–H groups in total. The number of esters is 1. The molecular formula is C20H19N3O3. The quantitative estimate of drug-likeness (QED) is 0.541. The van der Waals surface area contributed by atoms with Gasteiger partial charge in [0.25, 0.3) is 0 Å². The number of nitrogens with one attached hydrogen (secondary N) is 2. The third kappa shape index (κ3) is 3.21. The van der Waals surface area contributed by atoms with Gasteiger partial charge in [-0.15, -0.1) is 0 Å². The van der Waals surface area contributed by atoms with Crippen LogP contribution in [0.25, 0.3) is 0 Å². The third-order valence-electron chi connectivity index (χ3n) is 4.12. The molecule has 0 unspecified atom stereocenters. The molecule has 0 aliphatic carbocycles. The van der Waals surface area contributed by atoms with Crippen molar-refractivity contribution >= 4 is 23.1 Å². The topological polar surface area (TPSA) is 84.1 Å². The lowest BCUT2D eigenvalue weighted by Crippen LogP contribution is -2.12. The molecule has 0 bridgehead atoms. The summed E-state index contributed by atoms with van der Waals surface area (Å²) in [5, 5.41) is 3.22. The fourth-order valence-corrected chi connectivity index (χ4v) is 2.94. The van der Waals surface area contributed by atoms with Crippen LogP contribution in [-0.2, 0) is 4.74 Å². The zero-order valence-corrected chi connectivity index (χ0v) is 14.8. The summed E-state index contributed by atoms with van der Waals surface area (Å²) in [4.78, 5) is 32.5. The van der Waals surface area contributed by atoms with Crippen LogP contribution in [0, 0.1) is 13.8 Å². The number of carbonyl (C=O) groups is 2. The van der Waals surface area contributed by atoms with Crippen molar-refractivity contribution in [1.29, 1.82) is 0 Å². The Morgan fingerprint density at radius 3 is 2.35 bits per heavy atom. The first-order valence-corrected chi connectivity index (χ1v) is 8.11. The Hall–Kier alpha value is -3.41. The van der Waals surface area contributed by atoms with Crippen LogP contribution in [0.15, 0.2) is 48.8 Å². The maximum absolute atomic E-state index is 13.3. The molecule has 0 aliphatic rings. The summed E-state index contributed by atoms with van der Waals surface area (Å²) in [5.41, 5.74) is 3.78. The Balaban J connectivity index is 2.06. The number of benzene rings is 1. The summed E-state index contributed by atoms with van der Waals surface area (Å²) in [5.74, 6) is -0.779. The summed E-state index contributed by atoms with van der Waals surface area (Å²) in [6, 6.07) is 10.8. The van der Waals surface area contributed by atoms with E-state index in [2.05, 4.69) is 15.3 Å². The monoisotopic (exact) mass is 349 g/mol. The van der Waals surface area contributed by atoms with Crippen LogP contribution in [0.2, 0.25) is 0 Å². The molecule has 0 aliphatic heterocycles. The Labute approximate surface area is 151 Å². The lowest BCUT2D eigenvalue weighted by molar-refractivity contribution is 0.0597. The minimum atomic E-state index is -0.533. The summed E-state index contributed by atoms with van der Waals surface area (Å²) in [6.45, 7) is 3.52. The highest BCUT2D eigenvalue weighted by Crippen LogP contribution is 2.27. The number of carbonyl (C=O) groups excluding carboxylic acids is 2. The Morgan fingerprint density at radius 2 is 1.65 bits per heavy atom. The number of pyridine rings is 1.